The fraction of sp³-hybridized carbons (Fsp3) is 0.333. The fourth-order valence-corrected chi connectivity index (χ4v) is 2.02. The Morgan fingerprint density at radius 1 is 1.10 bits per heavy atom. The van der Waals surface area contributed by atoms with E-state index in [0.717, 1.165) is 5.56 Å². The summed E-state index contributed by atoms with van der Waals surface area (Å²) in [5, 5.41) is 0. The normalized spacial score (nSPS) is 10.7. The second-order valence-corrected chi connectivity index (χ2v) is 4.84. The van der Waals surface area contributed by atoms with Gasteiger partial charge in [0.05, 0.1) is 6.54 Å². The van der Waals surface area contributed by atoms with Crippen LogP contribution < -0.4 is 17.0 Å². The van der Waals surface area contributed by atoms with Gasteiger partial charge in [-0.25, -0.2) is 4.79 Å². The molecule has 0 unspecified atom stereocenters. The number of hydrogen-bond donors (Lipinski definition) is 1. The van der Waals surface area contributed by atoms with E-state index in [1.54, 1.807) is 10.8 Å². The summed E-state index contributed by atoms with van der Waals surface area (Å²) in [6, 6.07) is 9.40. The summed E-state index contributed by atoms with van der Waals surface area (Å²) in [4.78, 5) is 24.0. The lowest BCUT2D eigenvalue weighted by molar-refractivity contribution is 0.554. The monoisotopic (exact) mass is 273 g/mol. The summed E-state index contributed by atoms with van der Waals surface area (Å²) in [6.45, 7) is 3.30. The number of hydrogen-bond acceptors (Lipinski definition) is 3. The largest absolute Gasteiger partial charge is 0.331 e. The van der Waals surface area contributed by atoms with Crippen LogP contribution in [0.5, 0.6) is 0 Å². The van der Waals surface area contributed by atoms with E-state index >= 15 is 0 Å². The fourth-order valence-electron chi connectivity index (χ4n) is 2.02. The molecule has 0 saturated carbocycles. The van der Waals surface area contributed by atoms with E-state index < -0.39 is 0 Å². The van der Waals surface area contributed by atoms with Crippen molar-refractivity contribution in [3.8, 4) is 0 Å². The van der Waals surface area contributed by atoms with Crippen LogP contribution in [0.3, 0.4) is 0 Å². The molecule has 2 N–H and O–H groups in total. The number of benzene rings is 1. The standard InChI is InChI=1S/C15H19N3O2/c1-12-3-5-13(6-4-12)11-17-10-7-14(19)18(15(17)20)9-2-8-16/h3-7,10H,2,8-9,11,16H2,1H3. The van der Waals surface area contributed by atoms with Crippen LogP contribution in [0.25, 0.3) is 0 Å². The third-order valence-electron chi connectivity index (χ3n) is 3.20. The van der Waals surface area contributed by atoms with Crippen LogP contribution in [0.15, 0.2) is 46.1 Å². The molecule has 0 aliphatic heterocycles. The molecule has 1 aromatic carbocycles. The van der Waals surface area contributed by atoms with Crippen molar-refractivity contribution in [1.82, 2.24) is 9.13 Å². The third-order valence-corrected chi connectivity index (χ3v) is 3.20. The molecule has 5 heteroatoms. The predicted octanol–water partition coefficient (Wildman–Crippen LogP) is 0.716. The maximum atomic E-state index is 12.3. The van der Waals surface area contributed by atoms with E-state index in [1.165, 1.54) is 16.2 Å². The minimum Gasteiger partial charge on any atom is -0.330 e. The summed E-state index contributed by atoms with van der Waals surface area (Å²) < 4.78 is 2.78. The van der Waals surface area contributed by atoms with Crippen LogP contribution in [0, 0.1) is 6.92 Å². The zero-order valence-electron chi connectivity index (χ0n) is 11.6. The van der Waals surface area contributed by atoms with Gasteiger partial charge in [-0.15, -0.1) is 0 Å². The summed E-state index contributed by atoms with van der Waals surface area (Å²) in [5.41, 5.74) is 7.07. The van der Waals surface area contributed by atoms with Gasteiger partial charge in [-0.1, -0.05) is 29.8 Å². The Kier molecular flexibility index (Phi) is 4.53. The molecule has 2 aromatic rings. The molecular weight excluding hydrogens is 254 g/mol. The molecule has 1 heterocycles. The first-order chi connectivity index (χ1) is 9.61. The Labute approximate surface area is 117 Å². The Balaban J connectivity index is 2.31. The van der Waals surface area contributed by atoms with Crippen molar-refractivity contribution in [3.05, 3.63) is 68.5 Å². The molecule has 0 radical (unpaired) electrons. The number of rotatable bonds is 5. The van der Waals surface area contributed by atoms with Gasteiger partial charge in [-0.05, 0) is 25.5 Å². The van der Waals surface area contributed by atoms with Crippen molar-refractivity contribution in [2.45, 2.75) is 26.4 Å². The van der Waals surface area contributed by atoms with Crippen molar-refractivity contribution in [2.24, 2.45) is 5.73 Å². The topological polar surface area (TPSA) is 70.0 Å². The zero-order valence-corrected chi connectivity index (χ0v) is 11.6. The van der Waals surface area contributed by atoms with Crippen LogP contribution in [0.4, 0.5) is 0 Å². The van der Waals surface area contributed by atoms with Gasteiger partial charge in [0.2, 0.25) is 0 Å². The van der Waals surface area contributed by atoms with Gasteiger partial charge in [0, 0.05) is 18.8 Å². The van der Waals surface area contributed by atoms with Crippen LogP contribution in [0.1, 0.15) is 17.5 Å². The molecule has 0 fully saturated rings. The second kappa shape index (κ2) is 6.34. The summed E-state index contributed by atoms with van der Waals surface area (Å²) in [5.74, 6) is 0. The predicted molar refractivity (Wildman–Crippen MR) is 78.9 cm³/mol. The van der Waals surface area contributed by atoms with E-state index in [-0.39, 0.29) is 11.2 Å². The van der Waals surface area contributed by atoms with Crippen LogP contribution in [-0.4, -0.2) is 15.7 Å². The summed E-state index contributed by atoms with van der Waals surface area (Å²) in [7, 11) is 0. The van der Waals surface area contributed by atoms with Gasteiger partial charge in [0.1, 0.15) is 0 Å². The molecule has 20 heavy (non-hydrogen) atoms. The lowest BCUT2D eigenvalue weighted by Gasteiger charge is -2.09. The molecule has 1 aromatic heterocycles. The number of nitrogens with zero attached hydrogens (tertiary/aromatic N) is 2. The first kappa shape index (κ1) is 14.3. The van der Waals surface area contributed by atoms with Crippen molar-refractivity contribution >= 4 is 0 Å². The molecule has 0 saturated heterocycles. The number of aryl methyl sites for hydroxylation is 1. The third kappa shape index (κ3) is 3.24. The second-order valence-electron chi connectivity index (χ2n) is 4.84. The van der Waals surface area contributed by atoms with E-state index in [4.69, 9.17) is 5.73 Å². The highest BCUT2D eigenvalue weighted by molar-refractivity contribution is 5.21. The van der Waals surface area contributed by atoms with Crippen LogP contribution in [-0.2, 0) is 13.1 Å². The van der Waals surface area contributed by atoms with Crippen molar-refractivity contribution in [3.63, 3.8) is 0 Å². The Morgan fingerprint density at radius 3 is 2.45 bits per heavy atom. The van der Waals surface area contributed by atoms with Gasteiger partial charge in [0.15, 0.2) is 0 Å². The van der Waals surface area contributed by atoms with E-state index in [2.05, 4.69) is 0 Å². The van der Waals surface area contributed by atoms with Gasteiger partial charge < -0.3 is 5.73 Å². The summed E-state index contributed by atoms with van der Waals surface area (Å²) in [6.07, 6.45) is 2.16. The molecule has 0 bridgehead atoms. The number of nitrogens with two attached hydrogens (primary N) is 1. The average molecular weight is 273 g/mol. The first-order valence-corrected chi connectivity index (χ1v) is 6.67. The van der Waals surface area contributed by atoms with E-state index in [0.29, 0.717) is 26.1 Å². The lowest BCUT2D eigenvalue weighted by Crippen LogP contribution is -2.39. The van der Waals surface area contributed by atoms with E-state index in [9.17, 15) is 9.59 Å². The molecule has 106 valence electrons. The van der Waals surface area contributed by atoms with Crippen LogP contribution in [0.2, 0.25) is 0 Å². The SMILES string of the molecule is Cc1ccc(Cn2ccc(=O)n(CCCN)c2=O)cc1. The zero-order chi connectivity index (χ0) is 14.5. The highest BCUT2D eigenvalue weighted by atomic mass is 16.2. The Bertz CT molecular complexity index is 684. The number of aromatic nitrogens is 2. The Hall–Kier alpha value is -2.14. The minimum absolute atomic E-state index is 0.274. The lowest BCUT2D eigenvalue weighted by atomic mass is 10.1. The van der Waals surface area contributed by atoms with Crippen molar-refractivity contribution in [2.75, 3.05) is 6.54 Å². The molecule has 5 nitrogen and oxygen atoms in total. The van der Waals surface area contributed by atoms with Gasteiger partial charge >= 0.3 is 5.69 Å². The molecular formula is C15H19N3O2. The molecule has 0 spiro atoms. The van der Waals surface area contributed by atoms with Gasteiger partial charge in [0.25, 0.3) is 5.56 Å². The smallest absolute Gasteiger partial charge is 0.330 e. The maximum Gasteiger partial charge on any atom is 0.331 e. The quantitative estimate of drug-likeness (QED) is 0.872. The highest BCUT2D eigenvalue weighted by Crippen LogP contribution is 2.03. The maximum absolute atomic E-state index is 12.3. The molecule has 0 aliphatic rings. The molecule has 0 aliphatic carbocycles. The molecule has 0 atom stereocenters. The average Bonchev–Trinajstić information content (AvgIpc) is 2.44. The Morgan fingerprint density at radius 2 is 1.80 bits per heavy atom. The van der Waals surface area contributed by atoms with Gasteiger partial charge in [-0.2, -0.15) is 0 Å². The van der Waals surface area contributed by atoms with E-state index in [1.807, 2.05) is 31.2 Å². The summed E-state index contributed by atoms with van der Waals surface area (Å²) >= 11 is 0. The van der Waals surface area contributed by atoms with Gasteiger partial charge in [-0.3, -0.25) is 13.9 Å². The van der Waals surface area contributed by atoms with Crippen LogP contribution >= 0.6 is 0 Å². The highest BCUT2D eigenvalue weighted by Gasteiger charge is 2.05. The molecule has 0 amide bonds. The van der Waals surface area contributed by atoms with Crippen molar-refractivity contribution in [1.29, 1.82) is 0 Å². The molecule has 2 rings (SSSR count). The first-order valence-electron chi connectivity index (χ1n) is 6.67. The van der Waals surface area contributed by atoms with Crippen molar-refractivity contribution < 1.29 is 0 Å². The minimum atomic E-state index is -0.286.